The lowest BCUT2D eigenvalue weighted by Gasteiger charge is -2.09. The quantitative estimate of drug-likeness (QED) is 0.458. The van der Waals surface area contributed by atoms with E-state index in [0.29, 0.717) is 19.4 Å². The molecule has 4 nitrogen and oxygen atoms in total. The highest BCUT2D eigenvalue weighted by Gasteiger charge is 2.15. The fraction of sp³-hybridized carbons (Fsp3) is 0.556. The van der Waals surface area contributed by atoms with Crippen molar-refractivity contribution in [3.63, 3.8) is 0 Å². The van der Waals surface area contributed by atoms with E-state index in [1.807, 2.05) is 25.1 Å². The first-order valence-corrected chi connectivity index (χ1v) is 7.94. The monoisotopic (exact) mass is 306 g/mol. The van der Waals surface area contributed by atoms with Gasteiger partial charge in [0, 0.05) is 32.1 Å². The zero-order chi connectivity index (χ0) is 16.2. The Morgan fingerprint density at radius 2 is 1.95 bits per heavy atom. The van der Waals surface area contributed by atoms with Crippen molar-refractivity contribution < 1.29 is 19.1 Å². The van der Waals surface area contributed by atoms with Crippen LogP contribution in [-0.2, 0) is 16.0 Å². The number of hydrogen-bond donors (Lipinski definition) is 0. The number of methoxy groups -OCH3 is 1. The van der Waals surface area contributed by atoms with Crippen molar-refractivity contribution in [2.24, 2.45) is 0 Å². The van der Waals surface area contributed by atoms with Crippen LogP contribution < -0.4 is 4.74 Å². The van der Waals surface area contributed by atoms with Gasteiger partial charge in [-0.3, -0.25) is 4.79 Å². The molecule has 1 aromatic carbocycles. The molecule has 0 spiro atoms. The zero-order valence-electron chi connectivity index (χ0n) is 13.6. The molecule has 2 rings (SSSR count). The van der Waals surface area contributed by atoms with E-state index in [9.17, 15) is 9.59 Å². The van der Waals surface area contributed by atoms with Crippen LogP contribution in [0.4, 0.5) is 0 Å². The summed E-state index contributed by atoms with van der Waals surface area (Å²) < 4.78 is 10.1. The summed E-state index contributed by atoms with van der Waals surface area (Å²) in [6, 6.07) is 5.69. The molecule has 0 fully saturated rings. The number of aryl methyl sites for hydroxylation is 1. The summed E-state index contributed by atoms with van der Waals surface area (Å²) >= 11 is 0. The van der Waals surface area contributed by atoms with Gasteiger partial charge >= 0.3 is 0 Å². The van der Waals surface area contributed by atoms with Gasteiger partial charge in [0.2, 0.25) is 0 Å². The van der Waals surface area contributed by atoms with Crippen molar-refractivity contribution in [3.05, 3.63) is 29.3 Å². The van der Waals surface area contributed by atoms with Gasteiger partial charge in [-0.25, -0.2) is 0 Å². The van der Waals surface area contributed by atoms with Crippen LogP contribution in [0.3, 0.4) is 0 Å². The Labute approximate surface area is 132 Å². The van der Waals surface area contributed by atoms with E-state index in [-0.39, 0.29) is 5.78 Å². The second kappa shape index (κ2) is 11.0. The Morgan fingerprint density at radius 1 is 1.23 bits per heavy atom. The van der Waals surface area contributed by atoms with Crippen molar-refractivity contribution in [1.82, 2.24) is 0 Å². The third-order valence-corrected chi connectivity index (χ3v) is 3.50. The van der Waals surface area contributed by atoms with Crippen LogP contribution in [0, 0.1) is 0 Å². The molecule has 0 atom stereocenters. The van der Waals surface area contributed by atoms with Gasteiger partial charge in [-0.1, -0.05) is 0 Å². The van der Waals surface area contributed by atoms with E-state index >= 15 is 0 Å². The fourth-order valence-electron chi connectivity index (χ4n) is 2.23. The summed E-state index contributed by atoms with van der Waals surface area (Å²) in [7, 11) is 1.68. The summed E-state index contributed by atoms with van der Waals surface area (Å²) in [5.74, 6) is 1.05. The molecular formula is C18H26O4. The summed E-state index contributed by atoms with van der Waals surface area (Å²) in [5, 5.41) is 0. The minimum Gasteiger partial charge on any atom is -0.494 e. The highest BCUT2D eigenvalue weighted by atomic mass is 16.5. The maximum absolute atomic E-state index is 11.8. The fourth-order valence-corrected chi connectivity index (χ4v) is 2.23. The Balaban J connectivity index is 0.000000541. The summed E-state index contributed by atoms with van der Waals surface area (Å²) in [4.78, 5) is 22.0. The molecule has 122 valence electrons. The molecule has 0 N–H and O–H groups in total. The van der Waals surface area contributed by atoms with Crippen molar-refractivity contribution >= 4 is 12.1 Å². The summed E-state index contributed by atoms with van der Waals surface area (Å²) in [5.41, 5.74) is 1.96. The Kier molecular flexibility index (Phi) is 9.15. The lowest BCUT2D eigenvalue weighted by atomic mass is 10.0. The van der Waals surface area contributed by atoms with Crippen LogP contribution in [-0.4, -0.2) is 32.4 Å². The van der Waals surface area contributed by atoms with E-state index in [0.717, 1.165) is 55.5 Å². The molecule has 0 aromatic heterocycles. The summed E-state index contributed by atoms with van der Waals surface area (Å²) in [6.45, 7) is 3.32. The third kappa shape index (κ3) is 6.39. The second-order valence-electron chi connectivity index (χ2n) is 5.18. The number of aldehydes is 1. The van der Waals surface area contributed by atoms with Crippen LogP contribution in [0.25, 0.3) is 0 Å². The first-order chi connectivity index (χ1) is 10.7. The van der Waals surface area contributed by atoms with Crippen molar-refractivity contribution in [3.8, 4) is 5.75 Å². The average Bonchev–Trinajstić information content (AvgIpc) is 2.73. The second-order valence-corrected chi connectivity index (χ2v) is 5.18. The average molecular weight is 306 g/mol. The van der Waals surface area contributed by atoms with Crippen LogP contribution in [0.2, 0.25) is 0 Å². The molecule has 0 amide bonds. The minimum absolute atomic E-state index is 0.245. The molecule has 0 heterocycles. The van der Waals surface area contributed by atoms with E-state index in [2.05, 4.69) is 4.74 Å². The number of rotatable bonds is 6. The molecule has 0 radical (unpaired) electrons. The molecular weight excluding hydrogens is 280 g/mol. The Bertz CT molecular complexity index is 466. The van der Waals surface area contributed by atoms with Gasteiger partial charge in [0.1, 0.15) is 12.0 Å². The van der Waals surface area contributed by atoms with Gasteiger partial charge < -0.3 is 14.3 Å². The molecule has 1 aliphatic rings. The highest BCUT2D eigenvalue weighted by Crippen LogP contribution is 2.24. The smallest absolute Gasteiger partial charge is 0.163 e. The lowest BCUT2D eigenvalue weighted by Crippen LogP contribution is -2.02. The number of fused-ring (bicyclic) bond motifs is 1. The summed E-state index contributed by atoms with van der Waals surface area (Å²) in [6.07, 6.45) is 5.82. The van der Waals surface area contributed by atoms with Gasteiger partial charge in [-0.15, -0.1) is 0 Å². The van der Waals surface area contributed by atoms with Gasteiger partial charge in [-0.05, 0) is 56.4 Å². The highest BCUT2D eigenvalue weighted by molar-refractivity contribution is 5.97. The molecule has 0 saturated heterocycles. The van der Waals surface area contributed by atoms with Crippen LogP contribution in [0.5, 0.6) is 5.75 Å². The van der Waals surface area contributed by atoms with E-state index in [1.165, 1.54) is 0 Å². The van der Waals surface area contributed by atoms with E-state index < -0.39 is 0 Å². The number of carbonyl (C=O) groups is 2. The number of ether oxygens (including phenoxy) is 2. The Hall–Kier alpha value is -1.68. The van der Waals surface area contributed by atoms with Gasteiger partial charge in [0.05, 0.1) is 6.61 Å². The number of Topliss-reactive ketones (excluding diaryl/α,β-unsaturated/α-hetero) is 1. The predicted octanol–water partition coefficient (Wildman–Crippen LogP) is 3.61. The predicted molar refractivity (Wildman–Crippen MR) is 86.7 cm³/mol. The number of hydrogen-bond acceptors (Lipinski definition) is 4. The maximum atomic E-state index is 11.8. The van der Waals surface area contributed by atoms with Crippen molar-refractivity contribution in [2.75, 3.05) is 20.3 Å². The van der Waals surface area contributed by atoms with Crippen LogP contribution >= 0.6 is 0 Å². The molecule has 0 aliphatic heterocycles. The molecule has 0 unspecified atom stereocenters. The number of ketones is 1. The topological polar surface area (TPSA) is 52.6 Å². The number of unbranched alkanes of at least 4 members (excludes halogenated alkanes) is 1. The molecule has 1 aliphatic carbocycles. The SMILES string of the molecule is CCOC.O=CCCCOc1ccc2c(c1)CCCCC2=O. The largest absolute Gasteiger partial charge is 0.494 e. The lowest BCUT2D eigenvalue weighted by molar-refractivity contribution is -0.108. The minimum atomic E-state index is 0.245. The van der Waals surface area contributed by atoms with Crippen molar-refractivity contribution in [1.29, 1.82) is 0 Å². The Morgan fingerprint density at radius 3 is 2.64 bits per heavy atom. The van der Waals surface area contributed by atoms with E-state index in [4.69, 9.17) is 4.74 Å². The molecule has 0 bridgehead atoms. The van der Waals surface area contributed by atoms with Gasteiger partial charge in [0.25, 0.3) is 0 Å². The normalized spacial score (nSPS) is 13.5. The standard InChI is InChI=1S/C15H18O3.C3H8O/c16-9-3-4-10-18-13-7-8-14-12(11-13)5-1-2-6-15(14)17;1-3-4-2/h7-9,11H,1-6,10H2;3H2,1-2H3. The number of carbonyl (C=O) groups excluding carboxylic acids is 2. The van der Waals surface area contributed by atoms with Gasteiger partial charge in [-0.2, -0.15) is 0 Å². The van der Waals surface area contributed by atoms with Crippen molar-refractivity contribution in [2.45, 2.75) is 45.4 Å². The molecule has 22 heavy (non-hydrogen) atoms. The van der Waals surface area contributed by atoms with Crippen LogP contribution in [0.1, 0.15) is 54.9 Å². The van der Waals surface area contributed by atoms with Gasteiger partial charge in [0.15, 0.2) is 5.78 Å². The molecule has 4 heteroatoms. The molecule has 1 aromatic rings. The zero-order valence-corrected chi connectivity index (χ0v) is 13.6. The van der Waals surface area contributed by atoms with Crippen LogP contribution in [0.15, 0.2) is 18.2 Å². The number of benzene rings is 1. The van der Waals surface area contributed by atoms with E-state index in [1.54, 1.807) is 7.11 Å². The molecule has 0 saturated carbocycles. The first kappa shape index (κ1) is 18.4. The first-order valence-electron chi connectivity index (χ1n) is 7.94. The third-order valence-electron chi connectivity index (χ3n) is 3.50. The maximum Gasteiger partial charge on any atom is 0.163 e.